The molecule has 0 spiro atoms. The van der Waals surface area contributed by atoms with Crippen molar-refractivity contribution in [1.29, 1.82) is 0 Å². The highest BCUT2D eigenvalue weighted by Crippen LogP contribution is 2.22. The Labute approximate surface area is 187 Å². The average molecular weight is 507 g/mol. The number of benzene rings is 3. The van der Waals surface area contributed by atoms with Crippen molar-refractivity contribution < 1.29 is 4.74 Å². The molecule has 30 heavy (non-hydrogen) atoms. The number of ether oxygens (including phenoxy) is 1. The lowest BCUT2D eigenvalue weighted by Gasteiger charge is -2.09. The number of hydrogen-bond acceptors (Lipinski definition) is 4. The van der Waals surface area contributed by atoms with Crippen molar-refractivity contribution in [2.75, 3.05) is 6.61 Å². The van der Waals surface area contributed by atoms with E-state index in [-0.39, 0.29) is 5.56 Å². The molecule has 0 radical (unpaired) electrons. The van der Waals surface area contributed by atoms with E-state index in [2.05, 4.69) is 34.3 Å². The van der Waals surface area contributed by atoms with Crippen molar-refractivity contribution in [2.45, 2.75) is 0 Å². The lowest BCUT2D eigenvalue weighted by Crippen LogP contribution is -2.20. The summed E-state index contributed by atoms with van der Waals surface area (Å²) in [4.78, 5) is 17.9. The van der Waals surface area contributed by atoms with E-state index in [1.807, 2.05) is 66.7 Å². The highest BCUT2D eigenvalue weighted by atomic mass is 127. The second-order valence-electron chi connectivity index (χ2n) is 6.47. The van der Waals surface area contributed by atoms with E-state index >= 15 is 0 Å². The predicted molar refractivity (Wildman–Crippen MR) is 129 cm³/mol. The lowest BCUT2D eigenvalue weighted by molar-refractivity contribution is 0.360. The van der Waals surface area contributed by atoms with Crippen molar-refractivity contribution in [3.63, 3.8) is 0 Å². The van der Waals surface area contributed by atoms with Crippen LogP contribution in [0.5, 0.6) is 5.75 Å². The number of fused-ring (bicyclic) bond motifs is 1. The van der Waals surface area contributed by atoms with Crippen molar-refractivity contribution >= 4 is 39.7 Å². The van der Waals surface area contributed by atoms with Gasteiger partial charge < -0.3 is 4.74 Å². The molecule has 1 aromatic heterocycles. The van der Waals surface area contributed by atoms with Crippen LogP contribution in [0.4, 0.5) is 0 Å². The Kier molecular flexibility index (Phi) is 6.04. The second kappa shape index (κ2) is 9.04. The quantitative estimate of drug-likeness (QED) is 0.207. The van der Waals surface area contributed by atoms with Crippen molar-refractivity contribution in [3.05, 3.63) is 105 Å². The fourth-order valence-corrected chi connectivity index (χ4v) is 3.69. The average Bonchev–Trinajstić information content (AvgIpc) is 2.78. The van der Waals surface area contributed by atoms with Gasteiger partial charge in [0.15, 0.2) is 5.82 Å². The van der Waals surface area contributed by atoms with Gasteiger partial charge in [-0.25, -0.2) is 4.98 Å². The summed E-state index contributed by atoms with van der Waals surface area (Å²) in [5.74, 6) is 1.28. The maximum absolute atomic E-state index is 13.2. The van der Waals surface area contributed by atoms with Gasteiger partial charge in [0.05, 0.1) is 20.7 Å². The molecule has 5 nitrogen and oxygen atoms in total. The number of aromatic nitrogens is 2. The van der Waals surface area contributed by atoms with Crippen LogP contribution in [0.25, 0.3) is 22.3 Å². The summed E-state index contributed by atoms with van der Waals surface area (Å²) < 4.78 is 7.92. The molecule has 0 saturated heterocycles. The summed E-state index contributed by atoms with van der Waals surface area (Å²) in [7, 11) is 0. The van der Waals surface area contributed by atoms with Crippen LogP contribution in [0, 0.1) is 3.57 Å². The van der Waals surface area contributed by atoms with E-state index in [0.717, 1.165) is 20.4 Å². The van der Waals surface area contributed by atoms with Crippen LogP contribution >= 0.6 is 22.6 Å². The summed E-state index contributed by atoms with van der Waals surface area (Å²) in [6.45, 7) is 4.11. The van der Waals surface area contributed by atoms with Gasteiger partial charge in [-0.15, -0.1) is 0 Å². The largest absolute Gasteiger partial charge is 0.488 e. The van der Waals surface area contributed by atoms with Gasteiger partial charge in [-0.3, -0.25) is 4.79 Å². The van der Waals surface area contributed by atoms with Gasteiger partial charge in [-0.1, -0.05) is 55.1 Å². The fraction of sp³-hybridized carbons (Fsp3) is 0.0417. The van der Waals surface area contributed by atoms with Crippen LogP contribution in [0.2, 0.25) is 0 Å². The van der Waals surface area contributed by atoms with Crippen molar-refractivity contribution in [2.24, 2.45) is 5.10 Å². The molecule has 0 N–H and O–H groups in total. The van der Waals surface area contributed by atoms with Gasteiger partial charge in [0.25, 0.3) is 5.56 Å². The van der Waals surface area contributed by atoms with E-state index in [0.29, 0.717) is 23.3 Å². The highest BCUT2D eigenvalue weighted by Gasteiger charge is 2.12. The molecule has 0 atom stereocenters. The minimum atomic E-state index is -0.212. The van der Waals surface area contributed by atoms with Crippen molar-refractivity contribution in [1.82, 2.24) is 9.66 Å². The van der Waals surface area contributed by atoms with Crippen LogP contribution in [0.15, 0.2) is 95.3 Å². The van der Waals surface area contributed by atoms with E-state index < -0.39 is 0 Å². The van der Waals surface area contributed by atoms with E-state index in [1.165, 1.54) is 4.68 Å². The number of rotatable bonds is 6. The SMILES string of the molecule is C=CCOc1ccc(C=Nn2c(-c3ccccc3)nc3ccccc3c2=O)cc1I. The molecule has 0 saturated carbocycles. The zero-order valence-electron chi connectivity index (χ0n) is 16.0. The standard InChI is InChI=1S/C24H18IN3O2/c1-2-14-30-22-13-12-17(15-20(22)25)16-26-28-23(18-8-4-3-5-9-18)27-21-11-7-6-10-19(21)24(28)29/h2-13,15-16H,1,14H2. The Hall–Kier alpha value is -3.26. The first-order valence-electron chi connectivity index (χ1n) is 9.32. The molecule has 0 aliphatic heterocycles. The van der Waals surface area contributed by atoms with Gasteiger partial charge in [-0.05, 0) is 58.5 Å². The molecule has 0 fully saturated rings. The van der Waals surface area contributed by atoms with Gasteiger partial charge in [0, 0.05) is 5.56 Å². The molecule has 4 rings (SSSR count). The molecule has 0 bridgehead atoms. The molecule has 3 aromatic carbocycles. The molecular formula is C24H18IN3O2. The van der Waals surface area contributed by atoms with E-state index in [1.54, 1.807) is 18.4 Å². The van der Waals surface area contributed by atoms with E-state index in [9.17, 15) is 4.79 Å². The maximum Gasteiger partial charge on any atom is 0.282 e. The third-order valence-corrected chi connectivity index (χ3v) is 5.26. The zero-order valence-corrected chi connectivity index (χ0v) is 18.2. The van der Waals surface area contributed by atoms with E-state index in [4.69, 9.17) is 9.72 Å². The monoisotopic (exact) mass is 507 g/mol. The number of hydrogen-bond donors (Lipinski definition) is 0. The van der Waals surface area contributed by atoms with Gasteiger partial charge in [-0.2, -0.15) is 9.78 Å². The molecule has 0 amide bonds. The predicted octanol–water partition coefficient (Wildman–Crippen LogP) is 5.12. The first kappa shape index (κ1) is 20.0. The number of para-hydroxylation sites is 1. The first-order chi connectivity index (χ1) is 14.7. The smallest absolute Gasteiger partial charge is 0.282 e. The van der Waals surface area contributed by atoms with Gasteiger partial charge >= 0.3 is 0 Å². The molecule has 0 aliphatic rings. The van der Waals surface area contributed by atoms with Crippen molar-refractivity contribution in [3.8, 4) is 17.1 Å². The third kappa shape index (κ3) is 4.18. The Balaban J connectivity index is 1.80. The van der Waals surface area contributed by atoms with Crippen LogP contribution in [0.3, 0.4) is 0 Å². The number of nitrogens with zero attached hydrogens (tertiary/aromatic N) is 3. The Morgan fingerprint density at radius 3 is 2.60 bits per heavy atom. The Morgan fingerprint density at radius 1 is 1.07 bits per heavy atom. The first-order valence-corrected chi connectivity index (χ1v) is 10.4. The van der Waals surface area contributed by atoms with Crippen LogP contribution in [0.1, 0.15) is 5.56 Å². The maximum atomic E-state index is 13.2. The molecule has 148 valence electrons. The molecule has 4 aromatic rings. The number of halogens is 1. The molecule has 0 unspecified atom stereocenters. The molecule has 0 aliphatic carbocycles. The van der Waals surface area contributed by atoms with Crippen LogP contribution in [-0.4, -0.2) is 22.5 Å². The normalized spacial score (nSPS) is 11.1. The highest BCUT2D eigenvalue weighted by molar-refractivity contribution is 14.1. The third-order valence-electron chi connectivity index (χ3n) is 4.42. The summed E-state index contributed by atoms with van der Waals surface area (Å²) in [6.07, 6.45) is 3.36. The fourth-order valence-electron chi connectivity index (χ4n) is 2.99. The second-order valence-corrected chi connectivity index (χ2v) is 7.63. The minimum absolute atomic E-state index is 0.212. The summed E-state index contributed by atoms with van der Waals surface area (Å²) in [5.41, 5.74) is 2.10. The molecule has 6 heteroatoms. The van der Waals surface area contributed by atoms with Gasteiger partial charge in [0.2, 0.25) is 0 Å². The Bertz CT molecular complexity index is 1300. The van der Waals surface area contributed by atoms with Crippen LogP contribution < -0.4 is 10.3 Å². The Morgan fingerprint density at radius 2 is 1.83 bits per heavy atom. The lowest BCUT2D eigenvalue weighted by atomic mass is 10.2. The topological polar surface area (TPSA) is 56.5 Å². The van der Waals surface area contributed by atoms with Gasteiger partial charge in [0.1, 0.15) is 12.4 Å². The summed E-state index contributed by atoms with van der Waals surface area (Å²) in [5, 5.41) is 5.02. The zero-order chi connectivity index (χ0) is 20.9. The molecule has 1 heterocycles. The van der Waals surface area contributed by atoms with Crippen LogP contribution in [-0.2, 0) is 0 Å². The summed E-state index contributed by atoms with van der Waals surface area (Å²) in [6, 6.07) is 22.6. The molecular weight excluding hydrogens is 489 g/mol. The summed E-state index contributed by atoms with van der Waals surface area (Å²) >= 11 is 2.21. The minimum Gasteiger partial charge on any atom is -0.488 e.